The van der Waals surface area contributed by atoms with E-state index in [1.807, 2.05) is 28.2 Å². The number of hydrogen-bond donors (Lipinski definition) is 0. The molecular formula is C29H34N4O3S. The lowest BCUT2D eigenvalue weighted by Crippen LogP contribution is -2.47. The molecule has 2 aliphatic rings. The molecule has 37 heavy (non-hydrogen) atoms. The van der Waals surface area contributed by atoms with Gasteiger partial charge in [0.25, 0.3) is 5.91 Å². The Hall–Kier alpha value is -3.23. The first-order chi connectivity index (χ1) is 17.9. The van der Waals surface area contributed by atoms with Crippen LogP contribution in [0, 0.1) is 6.92 Å². The molecule has 1 aromatic heterocycles. The minimum atomic E-state index is -0.131. The molecule has 1 unspecified atom stereocenters. The van der Waals surface area contributed by atoms with E-state index in [-0.39, 0.29) is 17.9 Å². The minimum absolute atomic E-state index is 0.00833. The maximum atomic E-state index is 12.9. The summed E-state index contributed by atoms with van der Waals surface area (Å²) in [4.78, 5) is 36.4. The summed E-state index contributed by atoms with van der Waals surface area (Å²) in [6, 6.07) is 14.5. The molecule has 8 heteroatoms. The number of benzene rings is 2. The molecule has 1 atom stereocenters. The molecule has 2 amide bonds. The maximum absolute atomic E-state index is 12.9. The highest BCUT2D eigenvalue weighted by molar-refractivity contribution is 7.09. The molecule has 2 aromatic carbocycles. The van der Waals surface area contributed by atoms with E-state index in [2.05, 4.69) is 60.3 Å². The number of piperazine rings is 1. The number of aryl methyl sites for hydroxylation is 1. The van der Waals surface area contributed by atoms with Crippen molar-refractivity contribution in [1.29, 1.82) is 0 Å². The summed E-state index contributed by atoms with van der Waals surface area (Å²) in [6.07, 6.45) is 1.31. The number of carbonyl (C=O) groups is 2. The van der Waals surface area contributed by atoms with Crippen molar-refractivity contribution in [3.63, 3.8) is 0 Å². The molecule has 1 fully saturated rings. The lowest BCUT2D eigenvalue weighted by Gasteiger charge is -2.38. The van der Waals surface area contributed by atoms with Crippen LogP contribution in [-0.2, 0) is 17.8 Å². The molecule has 0 bridgehead atoms. The van der Waals surface area contributed by atoms with Gasteiger partial charge in [0.15, 0.2) is 0 Å². The summed E-state index contributed by atoms with van der Waals surface area (Å²) in [5, 5.41) is 2.60. The summed E-state index contributed by atoms with van der Waals surface area (Å²) in [6.45, 7) is 8.22. The molecule has 0 aliphatic carbocycles. The third-order valence-electron chi connectivity index (χ3n) is 7.29. The van der Waals surface area contributed by atoms with Crippen LogP contribution in [0.1, 0.15) is 57.1 Å². The van der Waals surface area contributed by atoms with Gasteiger partial charge in [-0.1, -0.05) is 42.8 Å². The van der Waals surface area contributed by atoms with E-state index in [1.54, 1.807) is 0 Å². The summed E-state index contributed by atoms with van der Waals surface area (Å²) in [5.41, 5.74) is 5.15. The van der Waals surface area contributed by atoms with Crippen molar-refractivity contribution < 1.29 is 14.3 Å². The first kappa shape index (κ1) is 25.4. The number of nitrogens with zero attached hydrogens (tertiary/aromatic N) is 4. The van der Waals surface area contributed by atoms with Crippen molar-refractivity contribution in [1.82, 2.24) is 19.7 Å². The SMILES string of the molecule is CCC(=O)N1CCc2ccc(OCc3nc(C(=O)N4CCN(C)CC4)cs3)cc2C1c1ccc(C)cc1. The molecule has 5 rings (SSSR count). The van der Waals surface area contributed by atoms with Crippen LogP contribution in [0.3, 0.4) is 0 Å². The fourth-order valence-electron chi connectivity index (χ4n) is 5.05. The maximum Gasteiger partial charge on any atom is 0.273 e. The highest BCUT2D eigenvalue weighted by atomic mass is 32.1. The van der Waals surface area contributed by atoms with Crippen LogP contribution in [0.25, 0.3) is 0 Å². The molecule has 194 valence electrons. The Morgan fingerprint density at radius 1 is 1.05 bits per heavy atom. The average molecular weight is 519 g/mol. The zero-order valence-corrected chi connectivity index (χ0v) is 22.6. The second kappa shape index (κ2) is 11.0. The molecule has 1 saturated heterocycles. The van der Waals surface area contributed by atoms with Crippen LogP contribution in [0.5, 0.6) is 5.75 Å². The summed E-state index contributed by atoms with van der Waals surface area (Å²) >= 11 is 1.45. The predicted octanol–water partition coefficient (Wildman–Crippen LogP) is 4.30. The first-order valence-corrected chi connectivity index (χ1v) is 13.8. The number of amides is 2. The number of rotatable bonds is 6. The first-order valence-electron chi connectivity index (χ1n) is 13.0. The van der Waals surface area contributed by atoms with Crippen LogP contribution in [-0.4, -0.2) is 71.3 Å². The Bertz CT molecular complexity index is 1260. The van der Waals surface area contributed by atoms with Crippen molar-refractivity contribution >= 4 is 23.2 Å². The van der Waals surface area contributed by atoms with Crippen LogP contribution < -0.4 is 4.74 Å². The molecular weight excluding hydrogens is 484 g/mol. The van der Waals surface area contributed by atoms with Gasteiger partial charge in [-0.2, -0.15) is 0 Å². The lowest BCUT2D eigenvalue weighted by atomic mass is 9.87. The van der Waals surface area contributed by atoms with Gasteiger partial charge >= 0.3 is 0 Å². The topological polar surface area (TPSA) is 66.0 Å². The molecule has 7 nitrogen and oxygen atoms in total. The van der Waals surface area contributed by atoms with Crippen molar-refractivity contribution in [3.05, 3.63) is 80.8 Å². The van der Waals surface area contributed by atoms with Crippen molar-refractivity contribution in [2.75, 3.05) is 39.8 Å². The number of likely N-dealkylation sites (N-methyl/N-ethyl adjacent to an activating group) is 1. The Labute approximate surface area is 222 Å². The molecule has 0 saturated carbocycles. The third-order valence-corrected chi connectivity index (χ3v) is 8.11. The fraction of sp³-hybridized carbons (Fsp3) is 0.414. The Morgan fingerprint density at radius 3 is 2.54 bits per heavy atom. The lowest BCUT2D eigenvalue weighted by molar-refractivity contribution is -0.132. The Kier molecular flexibility index (Phi) is 7.58. The van der Waals surface area contributed by atoms with E-state index in [1.165, 1.54) is 22.5 Å². The van der Waals surface area contributed by atoms with Gasteiger partial charge in [0.05, 0.1) is 6.04 Å². The fourth-order valence-corrected chi connectivity index (χ4v) is 5.73. The van der Waals surface area contributed by atoms with Crippen LogP contribution in [0.2, 0.25) is 0 Å². The van der Waals surface area contributed by atoms with Gasteiger partial charge in [-0.15, -0.1) is 11.3 Å². The van der Waals surface area contributed by atoms with Crippen LogP contribution >= 0.6 is 11.3 Å². The number of carbonyl (C=O) groups excluding carboxylic acids is 2. The highest BCUT2D eigenvalue weighted by Gasteiger charge is 2.31. The third kappa shape index (κ3) is 5.55. The van der Waals surface area contributed by atoms with E-state index >= 15 is 0 Å². The van der Waals surface area contributed by atoms with E-state index in [4.69, 9.17) is 4.74 Å². The predicted molar refractivity (Wildman–Crippen MR) is 145 cm³/mol. The molecule has 3 aromatic rings. The van der Waals surface area contributed by atoms with Gasteiger partial charge < -0.3 is 19.4 Å². The standard InChI is InChI=1S/C29H34N4O3S/c1-4-27(34)33-12-11-21-9-10-23(17-24(21)28(33)22-7-5-20(2)6-8-22)36-18-26-30-25(19-37-26)29(35)32-15-13-31(3)14-16-32/h5-10,17,19,28H,4,11-16,18H2,1-3H3. The number of ether oxygens (including phenoxy) is 1. The van der Waals surface area contributed by atoms with Gasteiger partial charge in [-0.3, -0.25) is 9.59 Å². The van der Waals surface area contributed by atoms with E-state index < -0.39 is 0 Å². The quantitative estimate of drug-likeness (QED) is 0.487. The van der Waals surface area contributed by atoms with Gasteiger partial charge in [0.2, 0.25) is 5.91 Å². The largest absolute Gasteiger partial charge is 0.486 e. The van der Waals surface area contributed by atoms with Crippen molar-refractivity contribution in [3.8, 4) is 5.75 Å². The van der Waals surface area contributed by atoms with E-state index in [0.717, 1.165) is 54.5 Å². The molecule has 0 N–H and O–H groups in total. The summed E-state index contributed by atoms with van der Waals surface area (Å²) < 4.78 is 6.15. The van der Waals surface area contributed by atoms with Crippen molar-refractivity contribution in [2.24, 2.45) is 0 Å². The molecule has 3 heterocycles. The molecule has 0 spiro atoms. The molecule has 0 radical (unpaired) electrons. The minimum Gasteiger partial charge on any atom is -0.486 e. The summed E-state index contributed by atoms with van der Waals surface area (Å²) in [5.74, 6) is 0.887. The van der Waals surface area contributed by atoms with Crippen LogP contribution in [0.15, 0.2) is 47.8 Å². The van der Waals surface area contributed by atoms with E-state index in [9.17, 15) is 9.59 Å². The number of thiazole rings is 1. The van der Waals surface area contributed by atoms with Gasteiger partial charge in [-0.25, -0.2) is 4.98 Å². The molecule has 2 aliphatic heterocycles. The second-order valence-electron chi connectivity index (χ2n) is 9.88. The highest BCUT2D eigenvalue weighted by Crippen LogP contribution is 2.37. The number of fused-ring (bicyclic) bond motifs is 1. The Morgan fingerprint density at radius 2 is 1.81 bits per heavy atom. The normalized spacial score (nSPS) is 18.0. The smallest absolute Gasteiger partial charge is 0.273 e. The van der Waals surface area contributed by atoms with Crippen molar-refractivity contribution in [2.45, 2.75) is 39.3 Å². The van der Waals surface area contributed by atoms with Crippen LogP contribution in [0.4, 0.5) is 0 Å². The summed E-state index contributed by atoms with van der Waals surface area (Å²) in [7, 11) is 2.07. The average Bonchev–Trinajstić information content (AvgIpc) is 3.40. The zero-order chi connectivity index (χ0) is 25.9. The van der Waals surface area contributed by atoms with Gasteiger partial charge in [0.1, 0.15) is 23.1 Å². The van der Waals surface area contributed by atoms with Gasteiger partial charge in [0, 0.05) is 44.5 Å². The monoisotopic (exact) mass is 518 g/mol. The number of aromatic nitrogens is 1. The Balaban J connectivity index is 1.33. The second-order valence-corrected chi connectivity index (χ2v) is 10.8. The van der Waals surface area contributed by atoms with E-state index in [0.29, 0.717) is 25.3 Å². The van der Waals surface area contributed by atoms with Gasteiger partial charge in [-0.05, 0) is 49.2 Å². The number of hydrogen-bond acceptors (Lipinski definition) is 6. The zero-order valence-electron chi connectivity index (χ0n) is 21.8.